The van der Waals surface area contributed by atoms with Crippen molar-refractivity contribution >= 4 is 39.3 Å². The highest BCUT2D eigenvalue weighted by Crippen LogP contribution is 2.28. The second-order valence-corrected chi connectivity index (χ2v) is 8.65. The molecule has 0 aliphatic carbocycles. The van der Waals surface area contributed by atoms with E-state index in [1.54, 1.807) is 13.3 Å². The SMILES string of the molecule is COc1ccc(-n2c(SCC(=O)Nc3ccc(Br)c(C)c3)nnc2-c2ccccn2)cc1. The molecule has 2 aromatic heterocycles. The summed E-state index contributed by atoms with van der Waals surface area (Å²) in [5.74, 6) is 1.41. The van der Waals surface area contributed by atoms with Crippen molar-refractivity contribution in [3.63, 3.8) is 0 Å². The maximum absolute atomic E-state index is 12.6. The Kier molecular flexibility index (Phi) is 6.87. The van der Waals surface area contributed by atoms with Crippen LogP contribution in [-0.2, 0) is 4.79 Å². The number of thioether (sulfide) groups is 1. The van der Waals surface area contributed by atoms with E-state index in [-0.39, 0.29) is 11.7 Å². The number of rotatable bonds is 7. The molecule has 4 rings (SSSR count). The van der Waals surface area contributed by atoms with Crippen LogP contribution in [0.1, 0.15) is 5.56 Å². The van der Waals surface area contributed by atoms with Crippen LogP contribution in [0.3, 0.4) is 0 Å². The van der Waals surface area contributed by atoms with Crippen LogP contribution >= 0.6 is 27.7 Å². The van der Waals surface area contributed by atoms with E-state index in [0.717, 1.165) is 27.2 Å². The van der Waals surface area contributed by atoms with E-state index < -0.39 is 0 Å². The largest absolute Gasteiger partial charge is 0.497 e. The lowest BCUT2D eigenvalue weighted by Crippen LogP contribution is -2.14. The van der Waals surface area contributed by atoms with Gasteiger partial charge in [0.15, 0.2) is 11.0 Å². The van der Waals surface area contributed by atoms with Gasteiger partial charge in [-0.15, -0.1) is 10.2 Å². The average Bonchev–Trinajstić information content (AvgIpc) is 3.25. The Balaban J connectivity index is 1.58. The summed E-state index contributed by atoms with van der Waals surface area (Å²) in [5, 5.41) is 12.2. The molecule has 1 amide bonds. The molecule has 0 aliphatic rings. The number of hydrogen-bond donors (Lipinski definition) is 1. The van der Waals surface area contributed by atoms with Crippen molar-refractivity contribution in [1.82, 2.24) is 19.7 Å². The van der Waals surface area contributed by atoms with Gasteiger partial charge in [-0.2, -0.15) is 0 Å². The molecular weight excluding hydrogens is 490 g/mol. The standard InChI is InChI=1S/C23H20BrN5O2S/c1-15-13-16(6-11-19(15)24)26-21(30)14-32-23-28-27-22(20-5-3-4-12-25-20)29(23)17-7-9-18(31-2)10-8-17/h3-13H,14H2,1-2H3,(H,26,30). The van der Waals surface area contributed by atoms with Crippen LogP contribution in [0.5, 0.6) is 5.75 Å². The van der Waals surface area contributed by atoms with Gasteiger partial charge in [0.1, 0.15) is 11.4 Å². The second kappa shape index (κ2) is 9.97. The first-order chi connectivity index (χ1) is 15.5. The monoisotopic (exact) mass is 509 g/mol. The van der Waals surface area contributed by atoms with Gasteiger partial charge in [-0.05, 0) is 67.1 Å². The van der Waals surface area contributed by atoms with Gasteiger partial charge in [0.2, 0.25) is 5.91 Å². The zero-order chi connectivity index (χ0) is 22.5. The Bertz CT molecular complexity index is 1230. The van der Waals surface area contributed by atoms with E-state index >= 15 is 0 Å². The fourth-order valence-electron chi connectivity index (χ4n) is 3.04. The number of anilines is 1. The number of aryl methyl sites for hydroxylation is 1. The molecule has 0 aliphatic heterocycles. The van der Waals surface area contributed by atoms with E-state index in [0.29, 0.717) is 16.7 Å². The van der Waals surface area contributed by atoms with Gasteiger partial charge >= 0.3 is 0 Å². The van der Waals surface area contributed by atoms with Crippen molar-refractivity contribution in [3.05, 3.63) is 76.9 Å². The smallest absolute Gasteiger partial charge is 0.234 e. The van der Waals surface area contributed by atoms with Crippen molar-refractivity contribution < 1.29 is 9.53 Å². The number of benzene rings is 2. The first-order valence-electron chi connectivity index (χ1n) is 9.75. The van der Waals surface area contributed by atoms with E-state index in [1.165, 1.54) is 11.8 Å². The van der Waals surface area contributed by atoms with Gasteiger partial charge < -0.3 is 10.1 Å². The van der Waals surface area contributed by atoms with Gasteiger partial charge in [0.25, 0.3) is 0 Å². The normalized spacial score (nSPS) is 10.7. The van der Waals surface area contributed by atoms with E-state index in [2.05, 4.69) is 36.4 Å². The molecular formula is C23H20BrN5O2S. The number of halogens is 1. The Morgan fingerprint density at radius 2 is 1.94 bits per heavy atom. The van der Waals surface area contributed by atoms with Crippen LogP contribution in [0.15, 0.2) is 76.5 Å². The average molecular weight is 510 g/mol. The molecule has 0 fully saturated rings. The number of nitrogens with zero attached hydrogens (tertiary/aromatic N) is 4. The van der Waals surface area contributed by atoms with Crippen molar-refractivity contribution in [2.24, 2.45) is 0 Å². The minimum Gasteiger partial charge on any atom is -0.497 e. The molecule has 9 heteroatoms. The summed E-state index contributed by atoms with van der Waals surface area (Å²) >= 11 is 4.78. The number of nitrogens with one attached hydrogen (secondary N) is 1. The summed E-state index contributed by atoms with van der Waals surface area (Å²) in [7, 11) is 1.62. The molecule has 2 aromatic carbocycles. The molecule has 0 radical (unpaired) electrons. The van der Waals surface area contributed by atoms with E-state index in [9.17, 15) is 4.79 Å². The number of pyridine rings is 1. The molecule has 7 nitrogen and oxygen atoms in total. The molecule has 4 aromatic rings. The number of ether oxygens (including phenoxy) is 1. The van der Waals surface area contributed by atoms with Gasteiger partial charge in [-0.25, -0.2) is 0 Å². The highest BCUT2D eigenvalue weighted by atomic mass is 79.9. The molecule has 32 heavy (non-hydrogen) atoms. The summed E-state index contributed by atoms with van der Waals surface area (Å²) in [5.41, 5.74) is 3.34. The molecule has 0 unspecified atom stereocenters. The maximum Gasteiger partial charge on any atom is 0.234 e. The van der Waals surface area contributed by atoms with Crippen LogP contribution in [-0.4, -0.2) is 38.5 Å². The quantitative estimate of drug-likeness (QED) is 0.347. The molecule has 0 saturated heterocycles. The first-order valence-corrected chi connectivity index (χ1v) is 11.5. The predicted molar refractivity (Wildman–Crippen MR) is 129 cm³/mol. The zero-order valence-electron chi connectivity index (χ0n) is 17.4. The molecule has 0 atom stereocenters. The number of carbonyl (C=O) groups is 1. The Morgan fingerprint density at radius 3 is 2.62 bits per heavy atom. The molecule has 0 spiro atoms. The van der Waals surface area contributed by atoms with Crippen molar-refractivity contribution in [3.8, 4) is 23.0 Å². The van der Waals surface area contributed by atoms with Crippen LogP contribution in [0, 0.1) is 6.92 Å². The van der Waals surface area contributed by atoms with Crippen molar-refractivity contribution in [1.29, 1.82) is 0 Å². The van der Waals surface area contributed by atoms with Gasteiger partial charge in [-0.1, -0.05) is 33.8 Å². The molecule has 1 N–H and O–H groups in total. The summed E-state index contributed by atoms with van der Waals surface area (Å²) in [6.45, 7) is 1.98. The molecule has 162 valence electrons. The first kappa shape index (κ1) is 22.0. The lowest BCUT2D eigenvalue weighted by atomic mass is 10.2. The number of carbonyl (C=O) groups excluding carboxylic acids is 1. The lowest BCUT2D eigenvalue weighted by molar-refractivity contribution is -0.113. The van der Waals surface area contributed by atoms with Crippen molar-refractivity contribution in [2.75, 3.05) is 18.2 Å². The number of amides is 1. The Hall–Kier alpha value is -3.17. The highest BCUT2D eigenvalue weighted by Gasteiger charge is 2.18. The maximum atomic E-state index is 12.6. The fraction of sp³-hybridized carbons (Fsp3) is 0.130. The Labute approximate surface area is 198 Å². The summed E-state index contributed by atoms with van der Waals surface area (Å²) in [6.07, 6.45) is 1.71. The molecule has 0 bridgehead atoms. The summed E-state index contributed by atoms with van der Waals surface area (Å²) in [4.78, 5) is 17.0. The van der Waals surface area contributed by atoms with Crippen LogP contribution in [0.2, 0.25) is 0 Å². The molecule has 2 heterocycles. The van der Waals surface area contributed by atoms with E-state index in [1.807, 2.05) is 72.2 Å². The lowest BCUT2D eigenvalue weighted by Gasteiger charge is -2.11. The third-order valence-electron chi connectivity index (χ3n) is 4.63. The zero-order valence-corrected chi connectivity index (χ0v) is 19.9. The minimum atomic E-state index is -0.125. The Morgan fingerprint density at radius 1 is 1.12 bits per heavy atom. The van der Waals surface area contributed by atoms with Gasteiger partial charge in [-0.3, -0.25) is 14.3 Å². The topological polar surface area (TPSA) is 81.9 Å². The number of aromatic nitrogens is 4. The summed E-state index contributed by atoms with van der Waals surface area (Å²) < 4.78 is 8.16. The number of hydrogen-bond acceptors (Lipinski definition) is 6. The minimum absolute atomic E-state index is 0.125. The van der Waals surface area contributed by atoms with Crippen LogP contribution in [0.25, 0.3) is 17.2 Å². The predicted octanol–water partition coefficient (Wildman–Crippen LogP) is 5.14. The molecule has 0 saturated carbocycles. The van der Waals surface area contributed by atoms with Gasteiger partial charge in [0.05, 0.1) is 18.6 Å². The van der Waals surface area contributed by atoms with Crippen LogP contribution in [0.4, 0.5) is 5.69 Å². The van der Waals surface area contributed by atoms with Gasteiger partial charge in [0, 0.05) is 16.4 Å². The summed E-state index contributed by atoms with van der Waals surface area (Å²) in [6, 6.07) is 18.9. The number of methoxy groups -OCH3 is 1. The van der Waals surface area contributed by atoms with Crippen LogP contribution < -0.4 is 10.1 Å². The third-order valence-corrected chi connectivity index (χ3v) is 6.45. The van der Waals surface area contributed by atoms with E-state index in [4.69, 9.17) is 4.74 Å². The fourth-order valence-corrected chi connectivity index (χ4v) is 4.04. The van der Waals surface area contributed by atoms with Crippen molar-refractivity contribution in [2.45, 2.75) is 12.1 Å². The highest BCUT2D eigenvalue weighted by molar-refractivity contribution is 9.10. The second-order valence-electron chi connectivity index (χ2n) is 6.86. The third kappa shape index (κ3) is 5.00.